The van der Waals surface area contributed by atoms with Gasteiger partial charge in [0, 0.05) is 17.5 Å². The Bertz CT molecular complexity index is 661. The van der Waals surface area contributed by atoms with Crippen molar-refractivity contribution in [3.63, 3.8) is 0 Å². The minimum Gasteiger partial charge on any atom is -0.325 e. The molecule has 0 aromatic carbocycles. The van der Waals surface area contributed by atoms with Gasteiger partial charge in [-0.2, -0.15) is 0 Å². The number of pyridine rings is 1. The van der Waals surface area contributed by atoms with Gasteiger partial charge >= 0.3 is 0 Å². The fourth-order valence-corrected chi connectivity index (χ4v) is 3.60. The number of halogens is 1. The molecule has 1 saturated carbocycles. The third-order valence-electron chi connectivity index (χ3n) is 4.74. The highest BCUT2D eigenvalue weighted by atomic mass is 35.5. The molecule has 1 amide bonds. The third kappa shape index (κ3) is 2.27. The summed E-state index contributed by atoms with van der Waals surface area (Å²) in [6, 6.07) is 3.20. The van der Waals surface area contributed by atoms with Crippen LogP contribution in [0.4, 0.5) is 0 Å². The van der Waals surface area contributed by atoms with Crippen LogP contribution in [0.15, 0.2) is 29.6 Å². The number of amides is 1. The number of Topliss-reactive ketones (excluding diaryl/α,β-unsaturated/α-hetero) is 1. The maximum atomic E-state index is 12.2. The molecule has 0 saturated heterocycles. The molecular formula is C16H17ClN2O2. The molecule has 1 aromatic rings. The molecule has 2 aliphatic carbocycles. The van der Waals surface area contributed by atoms with E-state index in [1.54, 1.807) is 19.1 Å². The number of carbonyl (C=O) groups is 2. The zero-order valence-corrected chi connectivity index (χ0v) is 13.0. The van der Waals surface area contributed by atoms with Gasteiger partial charge in [-0.25, -0.2) is 4.98 Å². The molecule has 1 heterocycles. The van der Waals surface area contributed by atoms with Crippen molar-refractivity contribution < 1.29 is 9.59 Å². The van der Waals surface area contributed by atoms with Crippen LogP contribution in [0, 0.1) is 17.3 Å². The van der Waals surface area contributed by atoms with Gasteiger partial charge < -0.3 is 5.32 Å². The monoisotopic (exact) mass is 304 g/mol. The Balaban J connectivity index is 1.82. The predicted octanol–water partition coefficient (Wildman–Crippen LogP) is 2.98. The highest BCUT2D eigenvalue weighted by molar-refractivity contribution is 6.29. The van der Waals surface area contributed by atoms with Gasteiger partial charge in [0.1, 0.15) is 5.15 Å². The van der Waals surface area contributed by atoms with Crippen molar-refractivity contribution in [2.24, 2.45) is 17.3 Å². The summed E-state index contributed by atoms with van der Waals surface area (Å²) in [6.45, 7) is 5.92. The van der Waals surface area contributed by atoms with Crippen molar-refractivity contribution in [2.45, 2.75) is 27.2 Å². The summed E-state index contributed by atoms with van der Waals surface area (Å²) < 4.78 is 0. The van der Waals surface area contributed by atoms with Gasteiger partial charge in [0.05, 0.1) is 5.56 Å². The van der Waals surface area contributed by atoms with Crippen LogP contribution >= 0.6 is 11.6 Å². The maximum Gasteiger partial charge on any atom is 0.256 e. The number of hydrogen-bond donors (Lipinski definition) is 1. The van der Waals surface area contributed by atoms with E-state index < -0.39 is 0 Å². The van der Waals surface area contributed by atoms with Crippen LogP contribution in [0.2, 0.25) is 5.15 Å². The first-order chi connectivity index (χ1) is 9.82. The largest absolute Gasteiger partial charge is 0.325 e. The van der Waals surface area contributed by atoms with E-state index in [4.69, 9.17) is 11.6 Å². The average molecular weight is 305 g/mol. The van der Waals surface area contributed by atoms with Crippen molar-refractivity contribution in [1.29, 1.82) is 0 Å². The molecular weight excluding hydrogens is 288 g/mol. The Hall–Kier alpha value is -1.68. The van der Waals surface area contributed by atoms with Crippen molar-refractivity contribution in [2.75, 3.05) is 0 Å². The van der Waals surface area contributed by atoms with Crippen LogP contribution in [0.3, 0.4) is 0 Å². The summed E-state index contributed by atoms with van der Waals surface area (Å²) in [6.07, 6.45) is 2.20. The number of carbonyl (C=O) groups excluding carboxylic acids is 2. The molecule has 0 radical (unpaired) electrons. The molecule has 2 atom stereocenters. The van der Waals surface area contributed by atoms with Crippen LogP contribution in [0.1, 0.15) is 37.6 Å². The number of rotatable bonds is 3. The summed E-state index contributed by atoms with van der Waals surface area (Å²) in [5.74, 6) is 0.563. The van der Waals surface area contributed by atoms with Gasteiger partial charge in [0.25, 0.3) is 5.91 Å². The molecule has 0 spiro atoms. The number of nitrogens with one attached hydrogen (secondary N) is 1. The first-order valence-electron chi connectivity index (χ1n) is 6.99. The Morgan fingerprint density at radius 2 is 2.10 bits per heavy atom. The summed E-state index contributed by atoms with van der Waals surface area (Å²) in [5.41, 5.74) is 2.18. The van der Waals surface area contributed by atoms with E-state index in [9.17, 15) is 9.59 Å². The number of fused-ring (bicyclic) bond motifs is 1. The van der Waals surface area contributed by atoms with Gasteiger partial charge in [-0.3, -0.25) is 9.59 Å². The molecule has 0 unspecified atom stereocenters. The second-order valence-corrected chi connectivity index (χ2v) is 6.77. The van der Waals surface area contributed by atoms with E-state index in [2.05, 4.69) is 24.1 Å². The molecule has 1 fully saturated rings. The van der Waals surface area contributed by atoms with Crippen molar-refractivity contribution in [1.82, 2.24) is 10.3 Å². The van der Waals surface area contributed by atoms with Crippen LogP contribution in [-0.4, -0.2) is 16.7 Å². The first kappa shape index (κ1) is 14.3. The zero-order chi connectivity index (χ0) is 15.4. The number of nitrogens with zero attached hydrogens (tertiary/aromatic N) is 1. The molecule has 0 aliphatic heterocycles. The molecule has 4 nitrogen and oxygen atoms in total. The van der Waals surface area contributed by atoms with E-state index in [1.165, 1.54) is 6.20 Å². The Morgan fingerprint density at radius 1 is 1.38 bits per heavy atom. The highest BCUT2D eigenvalue weighted by Crippen LogP contribution is 2.68. The summed E-state index contributed by atoms with van der Waals surface area (Å²) in [5, 5.41) is 3.23. The zero-order valence-electron chi connectivity index (χ0n) is 12.2. The Labute approximate surface area is 128 Å². The maximum absolute atomic E-state index is 12.2. The van der Waals surface area contributed by atoms with Crippen LogP contribution < -0.4 is 5.32 Å². The lowest BCUT2D eigenvalue weighted by Gasteiger charge is -2.15. The van der Waals surface area contributed by atoms with Gasteiger partial charge in [-0.15, -0.1) is 0 Å². The lowest BCUT2D eigenvalue weighted by molar-refractivity contribution is -0.114. The van der Waals surface area contributed by atoms with Crippen LogP contribution in [-0.2, 0) is 4.79 Å². The molecule has 110 valence electrons. The van der Waals surface area contributed by atoms with E-state index in [-0.39, 0.29) is 23.0 Å². The topological polar surface area (TPSA) is 59.1 Å². The lowest BCUT2D eigenvalue weighted by Crippen LogP contribution is -2.25. The van der Waals surface area contributed by atoms with E-state index >= 15 is 0 Å². The minimum absolute atomic E-state index is 0.0533. The molecule has 2 aliphatic rings. The predicted molar refractivity (Wildman–Crippen MR) is 79.8 cm³/mol. The summed E-state index contributed by atoms with van der Waals surface area (Å²) >= 11 is 5.71. The quantitative estimate of drug-likeness (QED) is 0.873. The van der Waals surface area contributed by atoms with Gasteiger partial charge in [0.2, 0.25) is 0 Å². The second kappa shape index (κ2) is 4.67. The van der Waals surface area contributed by atoms with E-state index in [0.29, 0.717) is 16.6 Å². The standard InChI is InChI=1S/C16H17ClN2O2/c1-8(20)13-11(6-10-14(13)16(10,2)3)19-15(21)9-4-5-12(17)18-7-9/h4-5,7,10,14H,6H2,1-3H3,(H,19,21)/t10-,14+/m0/s1. The minimum atomic E-state index is -0.243. The number of hydrogen-bond acceptors (Lipinski definition) is 3. The van der Waals surface area contributed by atoms with Gasteiger partial charge in [0.15, 0.2) is 5.78 Å². The van der Waals surface area contributed by atoms with E-state index in [1.807, 2.05) is 0 Å². The normalized spacial score (nSPS) is 25.5. The SMILES string of the molecule is CC(=O)C1=C(NC(=O)c2ccc(Cl)nc2)C[C@H]2[C@H]1C2(C)C. The van der Waals surface area contributed by atoms with E-state index in [0.717, 1.165) is 17.7 Å². The average Bonchev–Trinajstić information content (AvgIpc) is 2.78. The van der Waals surface area contributed by atoms with Crippen molar-refractivity contribution >= 4 is 23.3 Å². The molecule has 5 heteroatoms. The third-order valence-corrected chi connectivity index (χ3v) is 4.97. The smallest absolute Gasteiger partial charge is 0.256 e. The lowest BCUT2D eigenvalue weighted by atomic mass is 9.96. The van der Waals surface area contributed by atoms with Crippen LogP contribution in [0.5, 0.6) is 0 Å². The number of aromatic nitrogens is 1. The van der Waals surface area contributed by atoms with Crippen molar-refractivity contribution in [3.05, 3.63) is 40.3 Å². The molecule has 1 N–H and O–H groups in total. The second-order valence-electron chi connectivity index (χ2n) is 6.38. The first-order valence-corrected chi connectivity index (χ1v) is 7.37. The summed E-state index contributed by atoms with van der Waals surface area (Å²) in [4.78, 5) is 28.0. The number of allylic oxidation sites excluding steroid dienone is 2. The molecule has 3 rings (SSSR count). The highest BCUT2D eigenvalue weighted by Gasteiger charge is 2.64. The Morgan fingerprint density at radius 3 is 2.67 bits per heavy atom. The molecule has 1 aromatic heterocycles. The Kier molecular flexibility index (Phi) is 3.17. The number of ketones is 1. The molecule has 21 heavy (non-hydrogen) atoms. The van der Waals surface area contributed by atoms with Gasteiger partial charge in [-0.05, 0) is 42.7 Å². The van der Waals surface area contributed by atoms with Crippen molar-refractivity contribution in [3.8, 4) is 0 Å². The van der Waals surface area contributed by atoms with Gasteiger partial charge in [-0.1, -0.05) is 25.4 Å². The fraction of sp³-hybridized carbons (Fsp3) is 0.438. The summed E-state index contributed by atoms with van der Waals surface area (Å²) in [7, 11) is 0. The fourth-order valence-electron chi connectivity index (χ4n) is 3.48. The van der Waals surface area contributed by atoms with Crippen LogP contribution in [0.25, 0.3) is 0 Å². The molecule has 0 bridgehead atoms.